The first-order chi connectivity index (χ1) is 12.3. The molecule has 0 bridgehead atoms. The number of pyridine rings is 1. The van der Waals surface area contributed by atoms with Crippen LogP contribution in [0.1, 0.15) is 15.9 Å². The summed E-state index contributed by atoms with van der Waals surface area (Å²) in [6, 6.07) is 2.37. The number of carbonyl (C=O) groups excluding carboxylic acids is 1. The Morgan fingerprint density at radius 2 is 1.52 bits per heavy atom. The highest BCUT2D eigenvalue weighted by atomic mass is 35.5. The fourth-order valence-electron chi connectivity index (χ4n) is 2.08. The molecule has 2 rings (SSSR count). The molecule has 4 nitrogen and oxygen atoms in total. The SMILES string of the molecule is O=C(Nc1cc(C(F)(C(F)(F)F)C(F)(F)F)cc(Cl)c1O)c1ccncc1. The van der Waals surface area contributed by atoms with Crippen molar-refractivity contribution in [2.45, 2.75) is 18.0 Å². The molecule has 1 amide bonds. The Morgan fingerprint density at radius 1 is 1.00 bits per heavy atom. The fraction of sp³-hybridized carbons (Fsp3) is 0.200. The van der Waals surface area contributed by atoms with Crippen LogP contribution in [0.5, 0.6) is 5.75 Å². The minimum Gasteiger partial charge on any atom is -0.504 e. The van der Waals surface area contributed by atoms with Gasteiger partial charge in [0.15, 0.2) is 5.75 Å². The highest BCUT2D eigenvalue weighted by Gasteiger charge is 2.73. The first-order valence-corrected chi connectivity index (χ1v) is 7.23. The molecule has 12 heteroatoms. The molecule has 2 aromatic rings. The standard InChI is InChI=1S/C15H8ClF7N2O2/c16-9-5-8(13(17,14(18,19)20)15(21,22)23)6-10(11(9)26)25-12(27)7-1-3-24-4-2-7/h1-6,26H,(H,25,27). The average Bonchev–Trinajstić information content (AvgIpc) is 2.56. The molecule has 0 aliphatic carbocycles. The van der Waals surface area contributed by atoms with Crippen molar-refractivity contribution in [2.24, 2.45) is 0 Å². The summed E-state index contributed by atoms with van der Waals surface area (Å²) in [4.78, 5) is 15.6. The van der Waals surface area contributed by atoms with E-state index in [4.69, 9.17) is 11.6 Å². The molecular weight excluding hydrogens is 409 g/mol. The molecule has 0 saturated carbocycles. The molecule has 0 spiro atoms. The van der Waals surface area contributed by atoms with E-state index < -0.39 is 46.0 Å². The highest BCUT2D eigenvalue weighted by molar-refractivity contribution is 6.32. The summed E-state index contributed by atoms with van der Waals surface area (Å²) in [5.41, 5.74) is -8.73. The first kappa shape index (κ1) is 20.7. The normalized spacial score (nSPS) is 12.7. The van der Waals surface area contributed by atoms with Crippen LogP contribution in [-0.4, -0.2) is 28.4 Å². The molecule has 1 aromatic heterocycles. The van der Waals surface area contributed by atoms with Gasteiger partial charge in [-0.05, 0) is 24.3 Å². The van der Waals surface area contributed by atoms with Crippen molar-refractivity contribution >= 4 is 23.2 Å². The van der Waals surface area contributed by atoms with Crippen LogP contribution in [0.25, 0.3) is 0 Å². The number of hydrogen-bond acceptors (Lipinski definition) is 3. The third kappa shape index (κ3) is 3.77. The van der Waals surface area contributed by atoms with Gasteiger partial charge in [0, 0.05) is 23.5 Å². The number of carbonyl (C=O) groups is 1. The number of aromatic nitrogens is 1. The van der Waals surface area contributed by atoms with Gasteiger partial charge >= 0.3 is 18.0 Å². The average molecular weight is 417 g/mol. The molecule has 146 valence electrons. The summed E-state index contributed by atoms with van der Waals surface area (Å²) in [5, 5.41) is 10.6. The van der Waals surface area contributed by atoms with Gasteiger partial charge in [0.25, 0.3) is 5.91 Å². The van der Waals surface area contributed by atoms with Crippen molar-refractivity contribution in [1.82, 2.24) is 4.98 Å². The summed E-state index contributed by atoms with van der Waals surface area (Å²) in [5.74, 6) is -2.04. The molecular formula is C15H8ClF7N2O2. The van der Waals surface area contributed by atoms with Gasteiger partial charge in [-0.15, -0.1) is 0 Å². The van der Waals surface area contributed by atoms with Gasteiger partial charge in [-0.1, -0.05) is 11.6 Å². The molecule has 1 heterocycles. The van der Waals surface area contributed by atoms with Crippen LogP contribution in [-0.2, 0) is 5.67 Å². The largest absolute Gasteiger partial charge is 0.504 e. The predicted molar refractivity (Wildman–Crippen MR) is 80.2 cm³/mol. The predicted octanol–water partition coefficient (Wildman–Crippen LogP) is 4.98. The summed E-state index contributed by atoms with van der Waals surface area (Å²) in [6.07, 6.45) is -10.4. The van der Waals surface area contributed by atoms with Crippen LogP contribution in [0.2, 0.25) is 5.02 Å². The number of hydrogen-bond donors (Lipinski definition) is 2. The zero-order chi connectivity index (χ0) is 20.6. The lowest BCUT2D eigenvalue weighted by atomic mass is 9.93. The van der Waals surface area contributed by atoms with Crippen molar-refractivity contribution in [3.8, 4) is 5.75 Å². The number of rotatable bonds is 3. The number of aromatic hydroxyl groups is 1. The lowest BCUT2D eigenvalue weighted by Crippen LogP contribution is -2.50. The maximum absolute atomic E-state index is 14.2. The number of benzene rings is 1. The maximum Gasteiger partial charge on any atom is 0.435 e. The number of amides is 1. The minimum atomic E-state index is -6.38. The lowest BCUT2D eigenvalue weighted by Gasteiger charge is -2.30. The van der Waals surface area contributed by atoms with Gasteiger partial charge in [-0.2, -0.15) is 26.3 Å². The number of alkyl halides is 7. The molecule has 27 heavy (non-hydrogen) atoms. The van der Waals surface area contributed by atoms with Crippen LogP contribution in [0, 0.1) is 0 Å². The summed E-state index contributed by atoms with van der Waals surface area (Å²) >= 11 is 5.44. The maximum atomic E-state index is 14.2. The second-order valence-corrected chi connectivity index (χ2v) is 5.61. The van der Waals surface area contributed by atoms with Crippen LogP contribution >= 0.6 is 11.6 Å². The van der Waals surface area contributed by atoms with E-state index in [1.54, 1.807) is 0 Å². The number of nitrogens with one attached hydrogen (secondary N) is 1. The summed E-state index contributed by atoms with van der Waals surface area (Å²) < 4.78 is 91.5. The minimum absolute atomic E-state index is 0.0139. The second kappa shape index (κ2) is 6.87. The van der Waals surface area contributed by atoms with E-state index >= 15 is 0 Å². The van der Waals surface area contributed by atoms with Crippen molar-refractivity contribution in [2.75, 3.05) is 5.32 Å². The Kier molecular flexibility index (Phi) is 5.28. The number of phenols is 1. The van der Waals surface area contributed by atoms with E-state index in [2.05, 4.69) is 4.98 Å². The molecule has 2 N–H and O–H groups in total. The Balaban J connectivity index is 2.57. The second-order valence-electron chi connectivity index (χ2n) is 5.20. The number of nitrogens with zero attached hydrogens (tertiary/aromatic N) is 1. The smallest absolute Gasteiger partial charge is 0.435 e. The zero-order valence-electron chi connectivity index (χ0n) is 12.8. The van der Waals surface area contributed by atoms with E-state index in [9.17, 15) is 40.6 Å². The molecule has 0 radical (unpaired) electrons. The van der Waals surface area contributed by atoms with Gasteiger partial charge in [0.2, 0.25) is 0 Å². The Morgan fingerprint density at radius 3 is 2.00 bits per heavy atom. The molecule has 0 atom stereocenters. The first-order valence-electron chi connectivity index (χ1n) is 6.85. The third-order valence-corrected chi connectivity index (χ3v) is 3.72. The fourth-order valence-corrected chi connectivity index (χ4v) is 2.30. The summed E-state index contributed by atoms with van der Waals surface area (Å²) in [7, 11) is 0. The topological polar surface area (TPSA) is 62.2 Å². The van der Waals surface area contributed by atoms with Crippen molar-refractivity contribution in [3.63, 3.8) is 0 Å². The number of halogens is 8. The van der Waals surface area contributed by atoms with E-state index in [-0.39, 0.29) is 17.7 Å². The van der Waals surface area contributed by atoms with Crippen molar-refractivity contribution in [1.29, 1.82) is 0 Å². The van der Waals surface area contributed by atoms with Crippen LogP contribution in [0.15, 0.2) is 36.7 Å². The number of anilines is 1. The third-order valence-electron chi connectivity index (χ3n) is 3.43. The molecule has 0 aliphatic rings. The van der Waals surface area contributed by atoms with E-state index in [0.717, 1.165) is 0 Å². The van der Waals surface area contributed by atoms with Crippen molar-refractivity contribution < 1.29 is 40.6 Å². The van der Waals surface area contributed by atoms with Crippen LogP contribution < -0.4 is 5.32 Å². The summed E-state index contributed by atoms with van der Waals surface area (Å²) in [6.45, 7) is 0. The van der Waals surface area contributed by atoms with Gasteiger partial charge in [0.1, 0.15) is 0 Å². The molecule has 0 fully saturated rings. The molecule has 0 saturated heterocycles. The molecule has 0 unspecified atom stereocenters. The van der Waals surface area contributed by atoms with Gasteiger partial charge in [-0.3, -0.25) is 9.78 Å². The Labute approximate surface area is 151 Å². The van der Waals surface area contributed by atoms with Crippen molar-refractivity contribution in [3.05, 3.63) is 52.8 Å². The van der Waals surface area contributed by atoms with Gasteiger partial charge in [-0.25, -0.2) is 4.39 Å². The lowest BCUT2D eigenvalue weighted by molar-refractivity contribution is -0.348. The van der Waals surface area contributed by atoms with Crippen LogP contribution in [0.3, 0.4) is 0 Å². The molecule has 0 aliphatic heterocycles. The Hall–Kier alpha value is -2.56. The zero-order valence-corrected chi connectivity index (χ0v) is 13.5. The van der Waals surface area contributed by atoms with Gasteiger partial charge < -0.3 is 10.4 Å². The Bertz CT molecular complexity index is 840. The monoisotopic (exact) mass is 416 g/mol. The molecule has 1 aromatic carbocycles. The van der Waals surface area contributed by atoms with E-state index in [1.165, 1.54) is 24.5 Å². The van der Waals surface area contributed by atoms with E-state index in [0.29, 0.717) is 0 Å². The van der Waals surface area contributed by atoms with E-state index in [1.807, 2.05) is 5.32 Å². The van der Waals surface area contributed by atoms with Crippen LogP contribution in [0.4, 0.5) is 36.4 Å². The quantitative estimate of drug-likeness (QED) is 0.548. The highest BCUT2D eigenvalue weighted by Crippen LogP contribution is 2.54. The van der Waals surface area contributed by atoms with Gasteiger partial charge in [0.05, 0.1) is 10.7 Å². The number of phenolic OH excluding ortho intramolecular Hbond substituents is 1.